The number of ketones is 1. The number of rotatable bonds is 13. The molecule has 0 spiro atoms. The summed E-state index contributed by atoms with van der Waals surface area (Å²) in [4.78, 5) is 30.6. The summed E-state index contributed by atoms with van der Waals surface area (Å²) < 4.78 is 16.9. The molecule has 8 heteroatoms. The summed E-state index contributed by atoms with van der Waals surface area (Å²) in [6, 6.07) is 12.0. The van der Waals surface area contributed by atoms with Gasteiger partial charge in [-0.15, -0.1) is 0 Å². The van der Waals surface area contributed by atoms with E-state index < -0.39 is 17.7 Å². The van der Waals surface area contributed by atoms with Crippen molar-refractivity contribution in [3.8, 4) is 11.5 Å². The number of ether oxygens (including phenoxy) is 3. The maximum Gasteiger partial charge on any atom is 0.295 e. The molecule has 40 heavy (non-hydrogen) atoms. The highest BCUT2D eigenvalue weighted by molar-refractivity contribution is 6.46. The molecule has 1 amide bonds. The zero-order valence-corrected chi connectivity index (χ0v) is 23.6. The van der Waals surface area contributed by atoms with Crippen LogP contribution in [0.2, 0.25) is 0 Å². The lowest BCUT2D eigenvalue weighted by Gasteiger charge is -2.31. The number of unbranched alkanes of at least 4 members (excludes halogenated alkanes) is 2. The van der Waals surface area contributed by atoms with Crippen LogP contribution in [0, 0.1) is 6.92 Å². The number of aryl methyl sites for hydroxylation is 1. The molecule has 2 heterocycles. The highest BCUT2D eigenvalue weighted by atomic mass is 16.5. The normalized spacial score (nSPS) is 19.1. The zero-order valence-electron chi connectivity index (χ0n) is 23.6. The Morgan fingerprint density at radius 3 is 2.45 bits per heavy atom. The Morgan fingerprint density at radius 2 is 1.77 bits per heavy atom. The average Bonchev–Trinajstić information content (AvgIpc) is 3.23. The minimum Gasteiger partial charge on any atom is -0.507 e. The van der Waals surface area contributed by atoms with E-state index in [0.29, 0.717) is 50.8 Å². The number of amides is 1. The minimum absolute atomic E-state index is 0.0893. The maximum absolute atomic E-state index is 13.5. The summed E-state index contributed by atoms with van der Waals surface area (Å²) in [6.45, 7) is 12.5. The number of hydrogen-bond acceptors (Lipinski definition) is 7. The second-order valence-electron chi connectivity index (χ2n) is 10.1. The number of benzene rings is 2. The Hall–Kier alpha value is -3.62. The molecule has 2 fully saturated rings. The summed E-state index contributed by atoms with van der Waals surface area (Å²) in [6.07, 6.45) is 4.87. The van der Waals surface area contributed by atoms with Crippen molar-refractivity contribution < 1.29 is 28.9 Å². The lowest BCUT2D eigenvalue weighted by atomic mass is 9.94. The van der Waals surface area contributed by atoms with Gasteiger partial charge in [0.05, 0.1) is 31.4 Å². The van der Waals surface area contributed by atoms with Gasteiger partial charge in [0.15, 0.2) is 0 Å². The fraction of sp³-hybridized carbons (Fsp3) is 0.438. The molecule has 0 aromatic heterocycles. The lowest BCUT2D eigenvalue weighted by molar-refractivity contribution is -0.140. The van der Waals surface area contributed by atoms with Crippen LogP contribution in [0.4, 0.5) is 0 Å². The van der Waals surface area contributed by atoms with Crippen LogP contribution in [0.1, 0.15) is 48.9 Å². The Labute approximate surface area is 236 Å². The molecule has 2 saturated heterocycles. The van der Waals surface area contributed by atoms with Gasteiger partial charge in [0.25, 0.3) is 11.7 Å². The number of hydrogen-bond donors (Lipinski definition) is 1. The number of Topliss-reactive ketones (excluding diaryl/α,β-unsaturated/α-hetero) is 1. The first-order valence-electron chi connectivity index (χ1n) is 14.1. The van der Waals surface area contributed by atoms with Gasteiger partial charge in [-0.25, -0.2) is 0 Å². The van der Waals surface area contributed by atoms with E-state index in [2.05, 4.69) is 18.4 Å². The topological polar surface area (TPSA) is 88.5 Å². The van der Waals surface area contributed by atoms with Crippen molar-refractivity contribution in [2.45, 2.75) is 39.2 Å². The first-order chi connectivity index (χ1) is 19.4. The predicted molar refractivity (Wildman–Crippen MR) is 155 cm³/mol. The number of carbonyl (C=O) groups is 2. The van der Waals surface area contributed by atoms with Crippen molar-refractivity contribution in [1.29, 1.82) is 0 Å². The van der Waals surface area contributed by atoms with Crippen LogP contribution in [0.25, 0.3) is 5.76 Å². The number of morpholine rings is 1. The molecule has 1 N–H and O–H groups in total. The van der Waals surface area contributed by atoms with E-state index in [4.69, 9.17) is 14.2 Å². The molecule has 0 saturated carbocycles. The number of nitrogens with zero attached hydrogens (tertiary/aromatic N) is 2. The molecule has 4 rings (SSSR count). The van der Waals surface area contributed by atoms with E-state index in [9.17, 15) is 14.7 Å². The van der Waals surface area contributed by atoms with Crippen molar-refractivity contribution in [2.24, 2.45) is 0 Å². The van der Waals surface area contributed by atoms with Crippen molar-refractivity contribution in [1.82, 2.24) is 9.80 Å². The first-order valence-corrected chi connectivity index (χ1v) is 14.1. The SMILES string of the molecule is C=CCOc1ccc(C(O)=C2C(=O)C(=O)N(CCN3CCOCC3)C2c2ccc(OCCCCC)cc2)c(C)c1. The van der Waals surface area contributed by atoms with Gasteiger partial charge in [-0.3, -0.25) is 14.5 Å². The number of carbonyl (C=O) groups excluding carboxylic acids is 2. The molecular weight excluding hydrogens is 508 g/mol. The van der Waals surface area contributed by atoms with Crippen LogP contribution >= 0.6 is 0 Å². The third-order valence-corrected chi connectivity index (χ3v) is 7.33. The maximum atomic E-state index is 13.5. The highest BCUT2D eigenvalue weighted by Crippen LogP contribution is 2.40. The predicted octanol–water partition coefficient (Wildman–Crippen LogP) is 4.88. The van der Waals surface area contributed by atoms with Crippen LogP contribution < -0.4 is 9.47 Å². The molecule has 1 atom stereocenters. The summed E-state index contributed by atoms with van der Waals surface area (Å²) in [5, 5.41) is 11.5. The fourth-order valence-corrected chi connectivity index (χ4v) is 5.11. The highest BCUT2D eigenvalue weighted by Gasteiger charge is 2.46. The number of aliphatic hydroxyl groups is 1. The zero-order chi connectivity index (χ0) is 28.5. The number of likely N-dealkylation sites (tertiary alicyclic amines) is 1. The molecule has 2 aliphatic heterocycles. The Kier molecular flexibility index (Phi) is 10.4. The van der Waals surface area contributed by atoms with Gasteiger partial charge in [-0.05, 0) is 54.8 Å². The van der Waals surface area contributed by atoms with Gasteiger partial charge < -0.3 is 24.2 Å². The van der Waals surface area contributed by atoms with Crippen molar-refractivity contribution in [3.63, 3.8) is 0 Å². The van der Waals surface area contributed by atoms with Gasteiger partial charge in [-0.2, -0.15) is 0 Å². The van der Waals surface area contributed by atoms with Crippen LogP contribution in [-0.2, 0) is 14.3 Å². The largest absolute Gasteiger partial charge is 0.507 e. The van der Waals surface area contributed by atoms with Crippen molar-refractivity contribution in [2.75, 3.05) is 52.6 Å². The van der Waals surface area contributed by atoms with Gasteiger partial charge in [-0.1, -0.05) is 44.6 Å². The molecule has 2 aromatic rings. The average molecular weight is 549 g/mol. The molecule has 2 aliphatic rings. The van der Waals surface area contributed by atoms with Gasteiger partial charge in [0.1, 0.15) is 23.9 Å². The fourth-order valence-electron chi connectivity index (χ4n) is 5.11. The third kappa shape index (κ3) is 6.92. The molecular formula is C32H40N2O6. The van der Waals surface area contributed by atoms with E-state index >= 15 is 0 Å². The molecule has 0 bridgehead atoms. The summed E-state index contributed by atoms with van der Waals surface area (Å²) in [5.74, 6) is -0.119. The second kappa shape index (κ2) is 14.1. The Balaban J connectivity index is 1.67. The monoisotopic (exact) mass is 548 g/mol. The minimum atomic E-state index is -0.716. The molecule has 1 unspecified atom stereocenters. The van der Waals surface area contributed by atoms with Crippen LogP contribution in [-0.4, -0.2) is 79.2 Å². The van der Waals surface area contributed by atoms with Crippen LogP contribution in [0.15, 0.2) is 60.7 Å². The molecule has 214 valence electrons. The van der Waals surface area contributed by atoms with E-state index in [0.717, 1.165) is 49.2 Å². The summed E-state index contributed by atoms with van der Waals surface area (Å²) >= 11 is 0. The van der Waals surface area contributed by atoms with E-state index in [-0.39, 0.29) is 11.3 Å². The van der Waals surface area contributed by atoms with E-state index in [1.807, 2.05) is 31.2 Å². The first kappa shape index (κ1) is 29.4. The second-order valence-corrected chi connectivity index (χ2v) is 10.1. The lowest BCUT2D eigenvalue weighted by Crippen LogP contribution is -2.42. The van der Waals surface area contributed by atoms with E-state index in [1.165, 1.54) is 0 Å². The molecule has 8 nitrogen and oxygen atoms in total. The van der Waals surface area contributed by atoms with Gasteiger partial charge >= 0.3 is 0 Å². The number of aliphatic hydroxyl groups excluding tert-OH is 1. The van der Waals surface area contributed by atoms with E-state index in [1.54, 1.807) is 29.2 Å². The van der Waals surface area contributed by atoms with Gasteiger partial charge in [0.2, 0.25) is 0 Å². The smallest absolute Gasteiger partial charge is 0.295 e. The summed E-state index contributed by atoms with van der Waals surface area (Å²) in [7, 11) is 0. The third-order valence-electron chi connectivity index (χ3n) is 7.33. The van der Waals surface area contributed by atoms with Crippen LogP contribution in [0.5, 0.6) is 11.5 Å². The molecule has 0 radical (unpaired) electrons. The van der Waals surface area contributed by atoms with Gasteiger partial charge in [0, 0.05) is 31.7 Å². The standard InChI is InChI=1S/C32H40N2O6/c1-4-6-7-19-40-25-10-8-24(9-11-25)29-28(30(35)27-13-12-26(22-23(27)3)39-18-5-2)31(36)32(37)34(29)15-14-33-16-20-38-21-17-33/h5,8-13,22,29,35H,2,4,6-7,14-21H2,1,3H3. The Morgan fingerprint density at radius 1 is 1.05 bits per heavy atom. The van der Waals surface area contributed by atoms with Crippen molar-refractivity contribution >= 4 is 17.4 Å². The molecule has 2 aromatic carbocycles. The molecule has 0 aliphatic carbocycles. The Bertz CT molecular complexity index is 1220. The van der Waals surface area contributed by atoms with Crippen LogP contribution in [0.3, 0.4) is 0 Å². The quantitative estimate of drug-likeness (QED) is 0.125. The van der Waals surface area contributed by atoms with Crippen molar-refractivity contribution in [3.05, 3.63) is 77.4 Å². The summed E-state index contributed by atoms with van der Waals surface area (Å²) in [5.41, 5.74) is 2.05.